The van der Waals surface area contributed by atoms with E-state index in [9.17, 15) is 25.0 Å². The molecule has 3 aromatic rings. The fraction of sp³-hybridized carbons (Fsp3) is 0.0800. The molecular weight excluding hydrogens is 422 g/mol. The fourth-order valence-electron chi connectivity index (χ4n) is 3.02. The molecule has 1 amide bonds. The monoisotopic (exact) mass is 441 g/mol. The smallest absolute Gasteiger partial charge is 0.350 e. The molecule has 8 nitrogen and oxygen atoms in total. The average Bonchev–Trinajstić information content (AvgIpc) is 2.83. The van der Waals surface area contributed by atoms with Crippen molar-refractivity contribution in [2.45, 2.75) is 13.0 Å². The van der Waals surface area contributed by atoms with E-state index < -0.39 is 22.9 Å². The second-order valence-electron chi connectivity index (χ2n) is 7.04. The Morgan fingerprint density at radius 3 is 2.30 bits per heavy atom. The van der Waals surface area contributed by atoms with Gasteiger partial charge in [-0.2, -0.15) is 5.26 Å². The minimum atomic E-state index is -1.44. The maximum absolute atomic E-state index is 13.1. The van der Waals surface area contributed by atoms with Crippen LogP contribution >= 0.6 is 0 Å². The van der Waals surface area contributed by atoms with E-state index >= 15 is 0 Å². The van der Waals surface area contributed by atoms with Gasteiger partial charge in [0.1, 0.15) is 17.3 Å². The first-order valence-corrected chi connectivity index (χ1v) is 9.87. The van der Waals surface area contributed by atoms with Crippen molar-refractivity contribution < 1.29 is 19.2 Å². The van der Waals surface area contributed by atoms with E-state index in [1.807, 2.05) is 0 Å². The van der Waals surface area contributed by atoms with Gasteiger partial charge in [-0.1, -0.05) is 66.7 Å². The van der Waals surface area contributed by atoms with E-state index in [-0.39, 0.29) is 16.9 Å². The van der Waals surface area contributed by atoms with E-state index in [1.165, 1.54) is 18.2 Å². The SMILES string of the molecule is Cc1ccc(NC(=O)C(OC(=O)/C(C#N)=C\c2ccccc2)c2ccccc2)c([N+](=O)[O-])c1. The third-order valence-electron chi connectivity index (χ3n) is 4.62. The number of nitro groups is 1. The predicted octanol–water partition coefficient (Wildman–Crippen LogP) is 4.73. The Balaban J connectivity index is 1.91. The van der Waals surface area contributed by atoms with Crippen LogP contribution in [0.3, 0.4) is 0 Å². The second kappa shape index (κ2) is 10.5. The molecule has 8 heteroatoms. The highest BCUT2D eigenvalue weighted by molar-refractivity contribution is 6.02. The number of benzene rings is 3. The number of ether oxygens (including phenoxy) is 1. The number of aryl methyl sites for hydroxylation is 1. The summed E-state index contributed by atoms with van der Waals surface area (Å²) >= 11 is 0. The maximum Gasteiger partial charge on any atom is 0.350 e. The topological polar surface area (TPSA) is 122 Å². The molecule has 0 saturated carbocycles. The molecular formula is C25H19N3O5. The van der Waals surface area contributed by atoms with Crippen LogP contribution in [0.5, 0.6) is 0 Å². The summed E-state index contributed by atoms with van der Waals surface area (Å²) in [6.45, 7) is 1.69. The van der Waals surface area contributed by atoms with Crippen molar-refractivity contribution in [2.24, 2.45) is 0 Å². The molecule has 0 spiro atoms. The summed E-state index contributed by atoms with van der Waals surface area (Å²) in [5.41, 5.74) is 0.986. The molecule has 1 unspecified atom stereocenters. The van der Waals surface area contributed by atoms with Gasteiger partial charge in [0.05, 0.1) is 4.92 Å². The number of amides is 1. The Labute approximate surface area is 189 Å². The summed E-state index contributed by atoms with van der Waals surface area (Å²) in [7, 11) is 0. The summed E-state index contributed by atoms with van der Waals surface area (Å²) in [4.78, 5) is 36.6. The van der Waals surface area contributed by atoms with Gasteiger partial charge in [0, 0.05) is 11.6 Å². The van der Waals surface area contributed by atoms with Crippen molar-refractivity contribution in [3.63, 3.8) is 0 Å². The van der Waals surface area contributed by atoms with Crippen LogP contribution in [0.4, 0.5) is 11.4 Å². The van der Waals surface area contributed by atoms with E-state index in [0.717, 1.165) is 0 Å². The zero-order chi connectivity index (χ0) is 23.8. The molecule has 0 heterocycles. The zero-order valence-corrected chi connectivity index (χ0v) is 17.6. The number of carbonyl (C=O) groups is 2. The lowest BCUT2D eigenvalue weighted by Gasteiger charge is -2.18. The Morgan fingerprint density at radius 2 is 1.70 bits per heavy atom. The molecule has 1 atom stereocenters. The highest BCUT2D eigenvalue weighted by Crippen LogP contribution is 2.28. The maximum atomic E-state index is 13.1. The highest BCUT2D eigenvalue weighted by Gasteiger charge is 2.28. The van der Waals surface area contributed by atoms with Crippen LogP contribution in [0.2, 0.25) is 0 Å². The van der Waals surface area contributed by atoms with E-state index in [2.05, 4.69) is 5.32 Å². The normalized spacial score (nSPS) is 11.7. The molecule has 0 bridgehead atoms. The van der Waals surface area contributed by atoms with Crippen LogP contribution in [0, 0.1) is 28.4 Å². The van der Waals surface area contributed by atoms with Crippen LogP contribution in [0.25, 0.3) is 6.08 Å². The molecule has 1 N–H and O–H groups in total. The van der Waals surface area contributed by atoms with Crippen molar-refractivity contribution in [3.05, 3.63) is 111 Å². The van der Waals surface area contributed by atoms with Crippen LogP contribution in [0.15, 0.2) is 84.4 Å². The number of esters is 1. The highest BCUT2D eigenvalue weighted by atomic mass is 16.6. The van der Waals surface area contributed by atoms with Gasteiger partial charge in [-0.3, -0.25) is 14.9 Å². The lowest BCUT2D eigenvalue weighted by molar-refractivity contribution is -0.384. The van der Waals surface area contributed by atoms with Crippen molar-refractivity contribution in [2.75, 3.05) is 5.32 Å². The lowest BCUT2D eigenvalue weighted by Crippen LogP contribution is -2.26. The number of nitrogens with zero attached hydrogens (tertiary/aromatic N) is 2. The number of nitrogens with one attached hydrogen (secondary N) is 1. The van der Waals surface area contributed by atoms with Gasteiger partial charge in [0.15, 0.2) is 0 Å². The van der Waals surface area contributed by atoms with Gasteiger partial charge in [-0.05, 0) is 30.2 Å². The molecule has 164 valence electrons. The summed E-state index contributed by atoms with van der Waals surface area (Å²) in [6, 6.07) is 23.0. The molecule has 3 rings (SSSR count). The van der Waals surface area contributed by atoms with Crippen molar-refractivity contribution in [1.82, 2.24) is 0 Å². The largest absolute Gasteiger partial charge is 0.443 e. The Morgan fingerprint density at radius 1 is 1.06 bits per heavy atom. The predicted molar refractivity (Wildman–Crippen MR) is 122 cm³/mol. The van der Waals surface area contributed by atoms with Gasteiger partial charge in [0.2, 0.25) is 6.10 Å². The first kappa shape index (κ1) is 22.9. The molecule has 3 aromatic carbocycles. The van der Waals surface area contributed by atoms with Crippen LogP contribution < -0.4 is 5.32 Å². The van der Waals surface area contributed by atoms with E-state index in [0.29, 0.717) is 16.7 Å². The molecule has 0 aliphatic carbocycles. The average molecular weight is 441 g/mol. The Hall–Kier alpha value is -4.77. The fourth-order valence-corrected chi connectivity index (χ4v) is 3.02. The molecule has 0 aliphatic heterocycles. The standard InChI is InChI=1S/C25H19N3O5/c1-17-12-13-21(22(14-17)28(31)32)27-24(29)23(19-10-6-3-7-11-19)33-25(30)20(16-26)15-18-8-4-2-5-9-18/h2-15,23H,1H3,(H,27,29)/b20-15-. The minimum absolute atomic E-state index is 0.0343. The number of rotatable bonds is 7. The zero-order valence-electron chi connectivity index (χ0n) is 17.6. The number of nitro benzene ring substituents is 1. The second-order valence-corrected chi connectivity index (χ2v) is 7.04. The number of hydrogen-bond donors (Lipinski definition) is 1. The summed E-state index contributed by atoms with van der Waals surface area (Å²) in [5, 5.41) is 23.3. The molecule has 0 aromatic heterocycles. The summed E-state index contributed by atoms with van der Waals surface area (Å²) in [5.74, 6) is -1.79. The lowest BCUT2D eigenvalue weighted by atomic mass is 10.1. The number of hydrogen-bond acceptors (Lipinski definition) is 6. The third kappa shape index (κ3) is 5.89. The van der Waals surface area contributed by atoms with Gasteiger partial charge in [0.25, 0.3) is 11.6 Å². The first-order chi connectivity index (χ1) is 15.9. The van der Waals surface area contributed by atoms with E-state index in [4.69, 9.17) is 4.74 Å². The van der Waals surface area contributed by atoms with Crippen molar-refractivity contribution >= 4 is 29.3 Å². The van der Waals surface area contributed by atoms with Crippen molar-refractivity contribution in [1.29, 1.82) is 5.26 Å². The molecule has 0 aliphatic rings. The molecule has 0 saturated heterocycles. The van der Waals surface area contributed by atoms with Gasteiger partial charge in [-0.25, -0.2) is 4.79 Å². The molecule has 0 fully saturated rings. The summed E-state index contributed by atoms with van der Waals surface area (Å²) < 4.78 is 5.41. The third-order valence-corrected chi connectivity index (χ3v) is 4.62. The molecule has 0 radical (unpaired) electrons. The van der Waals surface area contributed by atoms with E-state index in [1.54, 1.807) is 79.7 Å². The molecule has 33 heavy (non-hydrogen) atoms. The van der Waals surface area contributed by atoms with Gasteiger partial charge < -0.3 is 10.1 Å². The number of nitriles is 1. The van der Waals surface area contributed by atoms with Gasteiger partial charge >= 0.3 is 5.97 Å². The van der Waals surface area contributed by atoms with Crippen molar-refractivity contribution in [3.8, 4) is 6.07 Å². The van der Waals surface area contributed by atoms with Crippen LogP contribution in [-0.4, -0.2) is 16.8 Å². The quantitative estimate of drug-likeness (QED) is 0.186. The number of carbonyl (C=O) groups excluding carboxylic acids is 2. The van der Waals surface area contributed by atoms with Crippen LogP contribution in [-0.2, 0) is 14.3 Å². The minimum Gasteiger partial charge on any atom is -0.443 e. The Bertz CT molecular complexity index is 1250. The van der Waals surface area contributed by atoms with Gasteiger partial charge in [-0.15, -0.1) is 0 Å². The number of anilines is 1. The van der Waals surface area contributed by atoms with Crippen LogP contribution in [0.1, 0.15) is 22.8 Å². The summed E-state index contributed by atoms with van der Waals surface area (Å²) in [6.07, 6.45) is -0.0836. The Kier molecular flexibility index (Phi) is 7.29. The first-order valence-electron chi connectivity index (χ1n) is 9.87.